The Hall–Kier alpha value is 0.680. The molecule has 0 radical (unpaired) electrons. The van der Waals surface area contributed by atoms with Gasteiger partial charge in [-0.1, -0.05) is 43.9 Å². The second-order valence-electron chi connectivity index (χ2n) is 10.7. The van der Waals surface area contributed by atoms with Gasteiger partial charge in [-0.05, 0) is 69.2 Å². The highest BCUT2D eigenvalue weighted by atomic mass is 32.7. The van der Waals surface area contributed by atoms with E-state index in [0.717, 1.165) is 5.75 Å². The topological polar surface area (TPSA) is 32.8 Å². The zero-order chi connectivity index (χ0) is 23.9. The summed E-state index contributed by atoms with van der Waals surface area (Å²) < 4.78 is 11.6. The number of carbonyl (C=O) groups excluding carboxylic acids is 1. The smallest absolute Gasteiger partial charge is 0.194 e. The van der Waals surface area contributed by atoms with Crippen molar-refractivity contribution in [3.8, 4) is 0 Å². The Labute approximate surface area is 197 Å². The van der Waals surface area contributed by atoms with E-state index in [-0.39, 0.29) is 16.1 Å². The van der Waals surface area contributed by atoms with Crippen molar-refractivity contribution in [1.29, 1.82) is 0 Å². The molecule has 0 heterocycles. The SMILES string of the molecule is CC(C)N(C(C)C)P(SCCOC(C)(C)CSC(=O)C(C)(C)C)N(C(C)C)C(C)C. The molecule has 0 atom stereocenters. The summed E-state index contributed by atoms with van der Waals surface area (Å²) in [5.74, 6) is 1.65. The van der Waals surface area contributed by atoms with Crippen LogP contribution in [0.15, 0.2) is 0 Å². The van der Waals surface area contributed by atoms with Gasteiger partial charge in [-0.25, -0.2) is 0 Å². The van der Waals surface area contributed by atoms with Gasteiger partial charge in [-0.15, -0.1) is 0 Å². The van der Waals surface area contributed by atoms with Crippen molar-refractivity contribution in [2.45, 2.75) is 120 Å². The first-order chi connectivity index (χ1) is 13.5. The van der Waals surface area contributed by atoms with E-state index in [1.807, 2.05) is 32.2 Å². The molecule has 0 aliphatic rings. The van der Waals surface area contributed by atoms with E-state index in [0.29, 0.717) is 36.5 Å². The molecule has 7 heteroatoms. The summed E-state index contributed by atoms with van der Waals surface area (Å²) in [5, 5.41) is 0.228. The third kappa shape index (κ3) is 11.0. The zero-order valence-electron chi connectivity index (χ0n) is 21.9. The zero-order valence-corrected chi connectivity index (χ0v) is 24.4. The van der Waals surface area contributed by atoms with E-state index in [2.05, 4.69) is 78.6 Å². The molecule has 0 fully saturated rings. The number of hydrogen-bond donors (Lipinski definition) is 0. The van der Waals surface area contributed by atoms with Crippen molar-refractivity contribution in [2.24, 2.45) is 5.41 Å². The number of nitrogens with zero attached hydrogens (tertiary/aromatic N) is 2. The Morgan fingerprint density at radius 1 is 0.833 bits per heavy atom. The van der Waals surface area contributed by atoms with E-state index in [9.17, 15) is 4.79 Å². The molecule has 0 bridgehead atoms. The number of thioether (sulfide) groups is 1. The molecule has 4 nitrogen and oxygen atoms in total. The van der Waals surface area contributed by atoms with Crippen LogP contribution >= 0.6 is 30.6 Å². The standard InChI is InChI=1S/C23H49N2O2PS2/c1-17(2)24(18(3)4)28(25(19(5)6)20(7)8)30-15-14-27-23(12,13)16-29-21(26)22(9,10)11/h17-20H,14-16H2,1-13H3. The van der Waals surface area contributed by atoms with Crippen LogP contribution in [0.1, 0.15) is 90.0 Å². The maximum Gasteiger partial charge on any atom is 0.194 e. The summed E-state index contributed by atoms with van der Waals surface area (Å²) in [5.41, 5.74) is -0.610. The maximum absolute atomic E-state index is 12.2. The molecule has 0 spiro atoms. The molecule has 0 aliphatic heterocycles. The van der Waals surface area contributed by atoms with Crippen LogP contribution in [0.3, 0.4) is 0 Å². The molecule has 0 aliphatic carbocycles. The molecule has 0 aromatic carbocycles. The molecule has 0 rings (SSSR count). The van der Waals surface area contributed by atoms with Gasteiger partial charge in [-0.3, -0.25) is 14.1 Å². The molecule has 0 unspecified atom stereocenters. The van der Waals surface area contributed by atoms with Crippen LogP contribution in [0.25, 0.3) is 0 Å². The first-order valence-electron chi connectivity index (χ1n) is 11.3. The largest absolute Gasteiger partial charge is 0.374 e. The van der Waals surface area contributed by atoms with E-state index < -0.39 is 7.42 Å². The fourth-order valence-corrected chi connectivity index (χ4v) is 10.3. The van der Waals surface area contributed by atoms with Crippen molar-refractivity contribution < 1.29 is 9.53 Å². The average Bonchev–Trinajstić information content (AvgIpc) is 2.54. The molecule has 0 saturated heterocycles. The highest BCUT2D eigenvalue weighted by Crippen LogP contribution is 2.59. The fourth-order valence-electron chi connectivity index (χ4n) is 3.17. The first kappa shape index (κ1) is 30.7. The summed E-state index contributed by atoms with van der Waals surface area (Å²) in [6, 6.07) is 2.00. The number of ether oxygens (including phenoxy) is 1. The van der Waals surface area contributed by atoms with Crippen LogP contribution in [-0.2, 0) is 9.53 Å². The van der Waals surface area contributed by atoms with E-state index in [4.69, 9.17) is 4.74 Å². The summed E-state index contributed by atoms with van der Waals surface area (Å²) in [4.78, 5) is 12.2. The molecular weight excluding hydrogens is 431 g/mol. The third-order valence-corrected chi connectivity index (χ3v) is 11.8. The van der Waals surface area contributed by atoms with Crippen molar-refractivity contribution in [3.63, 3.8) is 0 Å². The lowest BCUT2D eigenvalue weighted by Gasteiger charge is -2.46. The molecule has 0 aromatic rings. The van der Waals surface area contributed by atoms with Gasteiger partial charge in [0, 0.05) is 41.1 Å². The quantitative estimate of drug-likeness (QED) is 0.203. The Morgan fingerprint density at radius 3 is 1.57 bits per heavy atom. The Bertz CT molecular complexity index is 470. The average molecular weight is 481 g/mol. The van der Waals surface area contributed by atoms with Gasteiger partial charge in [0.05, 0.1) is 12.2 Å². The second-order valence-corrected chi connectivity index (χ2v) is 15.5. The highest BCUT2D eigenvalue weighted by molar-refractivity contribution is 8.54. The van der Waals surface area contributed by atoms with Crippen molar-refractivity contribution in [3.05, 3.63) is 0 Å². The summed E-state index contributed by atoms with van der Waals surface area (Å²) >= 11 is 3.44. The van der Waals surface area contributed by atoms with Gasteiger partial charge in [0.25, 0.3) is 0 Å². The monoisotopic (exact) mass is 480 g/mol. The minimum atomic E-state index is -0.482. The van der Waals surface area contributed by atoms with Gasteiger partial charge in [0.1, 0.15) is 7.42 Å². The lowest BCUT2D eigenvalue weighted by atomic mass is 10.00. The van der Waals surface area contributed by atoms with Crippen LogP contribution in [-0.4, -0.2) is 62.3 Å². The summed E-state index contributed by atoms with van der Waals surface area (Å²) in [6.07, 6.45) is 0. The van der Waals surface area contributed by atoms with E-state index >= 15 is 0 Å². The van der Waals surface area contributed by atoms with Crippen molar-refractivity contribution in [1.82, 2.24) is 9.34 Å². The molecule has 0 saturated carbocycles. The maximum atomic E-state index is 12.2. The lowest BCUT2D eigenvalue weighted by molar-refractivity contribution is -0.117. The number of carbonyl (C=O) groups is 1. The van der Waals surface area contributed by atoms with E-state index in [1.54, 1.807) is 0 Å². The van der Waals surface area contributed by atoms with E-state index in [1.165, 1.54) is 11.8 Å². The third-order valence-electron chi connectivity index (χ3n) is 4.46. The Morgan fingerprint density at radius 2 is 1.23 bits per heavy atom. The normalized spacial score (nSPS) is 13.9. The van der Waals surface area contributed by atoms with Gasteiger partial charge in [0.2, 0.25) is 0 Å². The van der Waals surface area contributed by atoms with Crippen LogP contribution in [0.2, 0.25) is 0 Å². The van der Waals surface area contributed by atoms with Gasteiger partial charge in [-0.2, -0.15) is 0 Å². The highest BCUT2D eigenvalue weighted by Gasteiger charge is 2.33. The van der Waals surface area contributed by atoms with Gasteiger partial charge in [0.15, 0.2) is 5.12 Å². The van der Waals surface area contributed by atoms with Crippen LogP contribution in [0.4, 0.5) is 0 Å². The van der Waals surface area contributed by atoms with Crippen LogP contribution < -0.4 is 0 Å². The molecular formula is C23H49N2O2PS2. The lowest BCUT2D eigenvalue weighted by Crippen LogP contribution is -2.42. The van der Waals surface area contributed by atoms with Crippen molar-refractivity contribution in [2.75, 3.05) is 18.1 Å². The number of hydrogen-bond acceptors (Lipinski definition) is 6. The van der Waals surface area contributed by atoms with Gasteiger partial charge >= 0.3 is 0 Å². The minimum Gasteiger partial charge on any atom is -0.374 e. The molecule has 0 N–H and O–H groups in total. The summed E-state index contributed by atoms with van der Waals surface area (Å²) in [6.45, 7) is 29.2. The fraction of sp³-hybridized carbons (Fsp3) is 0.957. The predicted octanol–water partition coefficient (Wildman–Crippen LogP) is 7.29. The van der Waals surface area contributed by atoms with Crippen LogP contribution in [0.5, 0.6) is 0 Å². The van der Waals surface area contributed by atoms with Gasteiger partial charge < -0.3 is 4.74 Å². The van der Waals surface area contributed by atoms with Crippen molar-refractivity contribution >= 4 is 35.7 Å². The molecule has 180 valence electrons. The Kier molecular flexibility index (Phi) is 13.7. The predicted molar refractivity (Wildman–Crippen MR) is 141 cm³/mol. The first-order valence-corrected chi connectivity index (χ1v) is 15.1. The van der Waals surface area contributed by atoms with Crippen LogP contribution in [0, 0.1) is 5.41 Å². The number of rotatable bonds is 13. The summed E-state index contributed by atoms with van der Waals surface area (Å²) in [7, 11) is -0.482. The minimum absolute atomic E-state index is 0.228. The molecule has 30 heavy (non-hydrogen) atoms. The molecule has 0 amide bonds. The molecule has 0 aromatic heterocycles. The Balaban J connectivity index is 5.02. The second kappa shape index (κ2) is 13.4.